The molecule has 9 nitrogen and oxygen atoms in total. The molecule has 2 aromatic carbocycles. The number of methoxy groups -OCH3 is 2. The highest BCUT2D eigenvalue weighted by Crippen LogP contribution is 2.45. The Kier molecular flexibility index (Phi) is 6.40. The molecule has 0 bridgehead atoms. The van der Waals surface area contributed by atoms with Gasteiger partial charge in [-0.2, -0.15) is 0 Å². The average molecular weight is 568 g/mol. The van der Waals surface area contributed by atoms with Gasteiger partial charge in [-0.05, 0) is 18.2 Å². The molecule has 32 heavy (non-hydrogen) atoms. The van der Waals surface area contributed by atoms with Gasteiger partial charge in [0.15, 0.2) is 17.3 Å². The Morgan fingerprint density at radius 1 is 1.19 bits per heavy atom. The van der Waals surface area contributed by atoms with E-state index in [0.29, 0.717) is 39.9 Å². The van der Waals surface area contributed by atoms with Crippen molar-refractivity contribution < 1.29 is 23.0 Å². The lowest BCUT2D eigenvalue weighted by Crippen LogP contribution is -2.30. The Morgan fingerprint density at radius 3 is 2.59 bits per heavy atom. The zero-order valence-corrected chi connectivity index (χ0v) is 20.3. The van der Waals surface area contributed by atoms with Crippen LogP contribution in [0.15, 0.2) is 53.7 Å². The minimum absolute atomic E-state index is 0.165. The van der Waals surface area contributed by atoms with Crippen LogP contribution in [0.25, 0.3) is 0 Å². The van der Waals surface area contributed by atoms with Gasteiger partial charge in [-0.3, -0.25) is 0 Å². The number of alkyl halides is 1. The van der Waals surface area contributed by atoms with Crippen LogP contribution in [0, 0.1) is 0 Å². The van der Waals surface area contributed by atoms with Crippen LogP contribution in [0.5, 0.6) is 11.5 Å². The van der Waals surface area contributed by atoms with E-state index in [-0.39, 0.29) is 22.0 Å². The maximum absolute atomic E-state index is 13.2. The molecule has 1 aromatic heterocycles. The largest absolute Gasteiger partial charge is 0.493 e. The molecule has 0 amide bonds. The van der Waals surface area contributed by atoms with E-state index in [1.807, 2.05) is 0 Å². The van der Waals surface area contributed by atoms with Gasteiger partial charge in [0.2, 0.25) is 0 Å². The number of ether oxygens (including phenoxy) is 2. The lowest BCUT2D eigenvalue weighted by atomic mass is 10.1. The fourth-order valence-electron chi connectivity index (χ4n) is 3.60. The summed E-state index contributed by atoms with van der Waals surface area (Å²) in [5.41, 5.74) is 1.84. The topological polar surface area (TPSA) is 114 Å². The van der Waals surface area contributed by atoms with Crippen LogP contribution in [-0.2, 0) is 16.6 Å². The number of aliphatic hydroxyl groups is 1. The monoisotopic (exact) mass is 568 g/mol. The molecule has 0 saturated heterocycles. The summed E-state index contributed by atoms with van der Waals surface area (Å²) in [5.74, 6) is 1.72. The Hall–Kier alpha value is -2.64. The second kappa shape index (κ2) is 9.08. The summed E-state index contributed by atoms with van der Waals surface area (Å²) in [7, 11) is -0.748. The smallest absolute Gasteiger partial charge is 0.265 e. The number of aliphatic hydroxyl groups excluding tert-OH is 1. The molecule has 4 rings (SSSR count). The number of halogens is 1. The lowest BCUT2D eigenvalue weighted by Gasteiger charge is -2.19. The highest BCUT2D eigenvalue weighted by Gasteiger charge is 2.39. The number of sulfonamides is 1. The van der Waals surface area contributed by atoms with Crippen LogP contribution < -0.4 is 19.1 Å². The summed E-state index contributed by atoms with van der Waals surface area (Å²) < 4.78 is 38.3. The van der Waals surface area contributed by atoms with Crippen molar-refractivity contribution in [1.82, 2.24) is 9.97 Å². The molecule has 1 atom stereocenters. The van der Waals surface area contributed by atoms with Crippen molar-refractivity contribution in [3.05, 3.63) is 59.9 Å². The summed E-state index contributed by atoms with van der Waals surface area (Å²) in [6, 6.07) is 11.7. The molecule has 0 aliphatic carbocycles. The van der Waals surface area contributed by atoms with Crippen LogP contribution in [0.1, 0.15) is 15.1 Å². The van der Waals surface area contributed by atoms with Gasteiger partial charge in [-0.1, -0.05) is 40.8 Å². The first-order valence-electron chi connectivity index (χ1n) is 9.60. The molecular formula is C21H21IN4O5S. The van der Waals surface area contributed by atoms with Crippen molar-refractivity contribution in [2.45, 2.75) is 15.4 Å². The van der Waals surface area contributed by atoms with E-state index in [1.165, 1.54) is 24.9 Å². The van der Waals surface area contributed by atoms with E-state index in [9.17, 15) is 13.5 Å². The van der Waals surface area contributed by atoms with Crippen LogP contribution in [-0.4, -0.2) is 44.3 Å². The van der Waals surface area contributed by atoms with Crippen molar-refractivity contribution in [2.75, 3.05) is 30.4 Å². The van der Waals surface area contributed by atoms with Gasteiger partial charge in [0, 0.05) is 17.3 Å². The number of hydrogen-bond donors (Lipinski definition) is 2. The Labute approximate surface area is 199 Å². The molecule has 3 aromatic rings. The number of rotatable bonds is 7. The maximum atomic E-state index is 13.2. The third-order valence-electron chi connectivity index (χ3n) is 5.06. The van der Waals surface area contributed by atoms with Crippen LogP contribution in [0.4, 0.5) is 17.3 Å². The molecule has 2 heterocycles. The van der Waals surface area contributed by atoms with Crippen LogP contribution >= 0.6 is 22.6 Å². The Balaban J connectivity index is 1.75. The number of aromatic nitrogens is 2. The molecule has 1 unspecified atom stereocenters. The number of anilines is 3. The SMILES string of the molecule is COc1cc(Nc2ncnc3c2C(I)CN3S(=O)(=O)c2ccccc2)cc(CO)c1OC. The number of hydrogen-bond acceptors (Lipinski definition) is 8. The number of fused-ring (bicyclic) bond motifs is 1. The van der Waals surface area contributed by atoms with Gasteiger partial charge in [-0.25, -0.2) is 22.7 Å². The third kappa shape index (κ3) is 3.95. The van der Waals surface area contributed by atoms with E-state index < -0.39 is 10.0 Å². The first-order chi connectivity index (χ1) is 15.4. The zero-order chi connectivity index (χ0) is 22.9. The summed E-state index contributed by atoms with van der Waals surface area (Å²) >= 11 is 2.20. The second-order valence-corrected chi connectivity index (χ2v) is 10.3. The first-order valence-corrected chi connectivity index (χ1v) is 12.3. The van der Waals surface area contributed by atoms with Gasteiger partial charge < -0.3 is 19.9 Å². The van der Waals surface area contributed by atoms with E-state index >= 15 is 0 Å². The lowest BCUT2D eigenvalue weighted by molar-refractivity contribution is 0.270. The van der Waals surface area contributed by atoms with Crippen LogP contribution in [0.3, 0.4) is 0 Å². The molecule has 0 spiro atoms. The predicted octanol–water partition coefficient (Wildman–Crippen LogP) is 3.41. The van der Waals surface area contributed by atoms with Crippen molar-refractivity contribution in [3.63, 3.8) is 0 Å². The van der Waals surface area contributed by atoms with Crippen LogP contribution in [0.2, 0.25) is 0 Å². The van der Waals surface area contributed by atoms with E-state index in [1.54, 1.807) is 42.5 Å². The summed E-state index contributed by atoms with van der Waals surface area (Å²) in [5, 5.41) is 12.9. The van der Waals surface area contributed by atoms with Crippen molar-refractivity contribution >= 4 is 49.9 Å². The molecule has 1 aliphatic heterocycles. The molecule has 2 N–H and O–H groups in total. The van der Waals surface area contributed by atoms with Crippen molar-refractivity contribution in [1.29, 1.82) is 0 Å². The van der Waals surface area contributed by atoms with Gasteiger partial charge >= 0.3 is 0 Å². The van der Waals surface area contributed by atoms with E-state index in [4.69, 9.17) is 9.47 Å². The van der Waals surface area contributed by atoms with Gasteiger partial charge in [0.1, 0.15) is 12.1 Å². The summed E-state index contributed by atoms with van der Waals surface area (Å²) in [6.45, 7) is 0.00323. The fourth-order valence-corrected chi connectivity index (χ4v) is 6.31. The van der Waals surface area contributed by atoms with Crippen molar-refractivity contribution in [2.24, 2.45) is 0 Å². The minimum atomic E-state index is -3.76. The van der Waals surface area contributed by atoms with Crippen molar-refractivity contribution in [3.8, 4) is 11.5 Å². The zero-order valence-electron chi connectivity index (χ0n) is 17.3. The number of benzene rings is 2. The quantitative estimate of drug-likeness (QED) is 0.330. The Bertz CT molecular complexity index is 1220. The number of nitrogens with one attached hydrogen (secondary N) is 1. The molecule has 11 heteroatoms. The molecule has 0 saturated carbocycles. The number of nitrogens with zero attached hydrogens (tertiary/aromatic N) is 3. The van der Waals surface area contributed by atoms with Gasteiger partial charge in [0.25, 0.3) is 10.0 Å². The molecule has 0 radical (unpaired) electrons. The summed E-state index contributed by atoms with van der Waals surface area (Å²) in [6.07, 6.45) is 1.33. The predicted molar refractivity (Wildman–Crippen MR) is 129 cm³/mol. The normalized spacial score (nSPS) is 15.4. The maximum Gasteiger partial charge on any atom is 0.265 e. The molecule has 168 valence electrons. The van der Waals surface area contributed by atoms with E-state index in [2.05, 4.69) is 37.9 Å². The standard InChI is InChI=1S/C21H21IN4O5S/c1-30-17-9-14(8-13(11-27)19(17)31-2)25-20-18-16(22)10-26(21(18)24-12-23-20)32(28,29)15-6-4-3-5-7-15/h3-9,12,16,27H,10-11H2,1-2H3,(H,23,24,25). The van der Waals surface area contributed by atoms with E-state index in [0.717, 1.165) is 0 Å². The first kappa shape index (κ1) is 22.6. The highest BCUT2D eigenvalue weighted by atomic mass is 127. The Morgan fingerprint density at radius 2 is 1.94 bits per heavy atom. The summed E-state index contributed by atoms with van der Waals surface area (Å²) in [4.78, 5) is 8.85. The molecule has 0 fully saturated rings. The van der Waals surface area contributed by atoms with Gasteiger partial charge in [-0.15, -0.1) is 0 Å². The molecular weight excluding hydrogens is 547 g/mol. The average Bonchev–Trinajstić information content (AvgIpc) is 3.17. The van der Waals surface area contributed by atoms with Gasteiger partial charge in [0.05, 0.1) is 41.8 Å². The minimum Gasteiger partial charge on any atom is -0.493 e. The third-order valence-corrected chi connectivity index (χ3v) is 7.85. The highest BCUT2D eigenvalue weighted by molar-refractivity contribution is 14.1. The molecule has 1 aliphatic rings. The fraction of sp³-hybridized carbons (Fsp3) is 0.238. The second-order valence-electron chi connectivity index (χ2n) is 6.93.